The van der Waals surface area contributed by atoms with E-state index >= 15 is 0 Å². The fourth-order valence-electron chi connectivity index (χ4n) is 1.11. The number of hydrogen-bond acceptors (Lipinski definition) is 2. The van der Waals surface area contributed by atoms with E-state index in [0.717, 1.165) is 10.0 Å². The Labute approximate surface area is 97.2 Å². The maximum absolute atomic E-state index is 11.2. The van der Waals surface area contributed by atoms with Crippen molar-refractivity contribution in [2.75, 3.05) is 0 Å². The van der Waals surface area contributed by atoms with Crippen molar-refractivity contribution < 1.29 is 4.79 Å². The number of nitrogens with zero attached hydrogens (tertiary/aromatic N) is 1. The van der Waals surface area contributed by atoms with Crippen molar-refractivity contribution in [1.29, 1.82) is 5.26 Å². The normalized spacial score (nSPS) is 9.33. The molecule has 0 saturated carbocycles. The first kappa shape index (κ1) is 11.7. The number of amides is 1. The van der Waals surface area contributed by atoms with E-state index in [0.29, 0.717) is 6.54 Å². The summed E-state index contributed by atoms with van der Waals surface area (Å²) < 4.78 is 0.992. The summed E-state index contributed by atoms with van der Waals surface area (Å²) in [6.07, 6.45) is 0.537. The molecule has 0 aromatic heterocycles. The molecule has 0 fully saturated rings. The molecular weight excluding hydrogens is 256 g/mol. The Kier molecular flexibility index (Phi) is 4.85. The monoisotopic (exact) mass is 266 g/mol. The standard InChI is InChI=1S/C11H11BrN2O/c12-10-4-1-3-9(7-10)8-14-11(15)5-2-6-13/h1,3-4,7H,2,5,8H2,(H,14,15). The minimum atomic E-state index is -0.0866. The highest BCUT2D eigenvalue weighted by Gasteiger charge is 2.00. The lowest BCUT2D eigenvalue weighted by atomic mass is 10.2. The van der Waals surface area contributed by atoms with Gasteiger partial charge in [-0.15, -0.1) is 0 Å². The third-order valence-corrected chi connectivity index (χ3v) is 2.34. The third kappa shape index (κ3) is 4.61. The van der Waals surface area contributed by atoms with E-state index in [2.05, 4.69) is 21.2 Å². The van der Waals surface area contributed by atoms with Gasteiger partial charge in [0.05, 0.1) is 6.07 Å². The number of benzene rings is 1. The molecule has 1 amide bonds. The predicted octanol–water partition coefficient (Wildman–Crippen LogP) is 2.37. The molecule has 1 aromatic carbocycles. The number of nitriles is 1. The van der Waals surface area contributed by atoms with Crippen LogP contribution < -0.4 is 5.32 Å². The number of nitrogens with one attached hydrogen (secondary N) is 1. The van der Waals surface area contributed by atoms with E-state index in [-0.39, 0.29) is 18.7 Å². The summed E-state index contributed by atoms with van der Waals surface area (Å²) in [6, 6.07) is 9.68. The Morgan fingerprint density at radius 2 is 2.33 bits per heavy atom. The predicted molar refractivity (Wildman–Crippen MR) is 60.8 cm³/mol. The molecule has 0 heterocycles. The molecule has 0 aliphatic rings. The van der Waals surface area contributed by atoms with E-state index in [1.807, 2.05) is 30.3 Å². The molecule has 0 aliphatic carbocycles. The van der Waals surface area contributed by atoms with Crippen molar-refractivity contribution in [3.8, 4) is 6.07 Å². The topological polar surface area (TPSA) is 52.9 Å². The molecule has 0 atom stereocenters. The summed E-state index contributed by atoms with van der Waals surface area (Å²) in [5, 5.41) is 11.1. The summed E-state index contributed by atoms with van der Waals surface area (Å²) in [5.41, 5.74) is 1.04. The van der Waals surface area contributed by atoms with Crippen LogP contribution in [0.15, 0.2) is 28.7 Å². The number of carbonyl (C=O) groups excluding carboxylic acids is 1. The van der Waals surface area contributed by atoms with Crippen molar-refractivity contribution in [3.05, 3.63) is 34.3 Å². The van der Waals surface area contributed by atoms with Gasteiger partial charge in [0.25, 0.3) is 0 Å². The average molecular weight is 267 g/mol. The van der Waals surface area contributed by atoms with Gasteiger partial charge >= 0.3 is 0 Å². The molecule has 78 valence electrons. The minimum absolute atomic E-state index is 0.0866. The molecule has 1 rings (SSSR count). The first-order chi connectivity index (χ1) is 7.22. The molecule has 0 bridgehead atoms. The first-order valence-electron chi connectivity index (χ1n) is 4.60. The summed E-state index contributed by atoms with van der Waals surface area (Å²) in [6.45, 7) is 0.504. The molecule has 0 unspecified atom stereocenters. The van der Waals surface area contributed by atoms with Crippen LogP contribution in [0.25, 0.3) is 0 Å². The smallest absolute Gasteiger partial charge is 0.221 e. The van der Waals surface area contributed by atoms with Crippen LogP contribution in [-0.4, -0.2) is 5.91 Å². The summed E-state index contributed by atoms with van der Waals surface area (Å²) >= 11 is 3.36. The lowest BCUT2D eigenvalue weighted by Crippen LogP contribution is -2.22. The summed E-state index contributed by atoms with van der Waals surface area (Å²) in [4.78, 5) is 11.2. The highest BCUT2D eigenvalue weighted by molar-refractivity contribution is 9.10. The highest BCUT2D eigenvalue weighted by Crippen LogP contribution is 2.11. The van der Waals surface area contributed by atoms with Crippen LogP contribution in [0.5, 0.6) is 0 Å². The van der Waals surface area contributed by atoms with Gasteiger partial charge < -0.3 is 5.32 Å². The van der Waals surface area contributed by atoms with Crippen LogP contribution in [0.3, 0.4) is 0 Å². The van der Waals surface area contributed by atoms with Gasteiger partial charge in [0.2, 0.25) is 5.91 Å². The molecule has 0 spiro atoms. The summed E-state index contributed by atoms with van der Waals surface area (Å²) in [7, 11) is 0. The van der Waals surface area contributed by atoms with E-state index in [1.165, 1.54) is 0 Å². The largest absolute Gasteiger partial charge is 0.352 e. The zero-order valence-electron chi connectivity index (χ0n) is 8.16. The van der Waals surface area contributed by atoms with Crippen LogP contribution in [0, 0.1) is 11.3 Å². The van der Waals surface area contributed by atoms with Crippen molar-refractivity contribution >= 4 is 21.8 Å². The van der Waals surface area contributed by atoms with Crippen LogP contribution >= 0.6 is 15.9 Å². The lowest BCUT2D eigenvalue weighted by Gasteiger charge is -2.04. The fourth-order valence-corrected chi connectivity index (χ4v) is 1.55. The van der Waals surface area contributed by atoms with E-state index < -0.39 is 0 Å². The van der Waals surface area contributed by atoms with Crippen molar-refractivity contribution in [2.45, 2.75) is 19.4 Å². The van der Waals surface area contributed by atoms with Crippen molar-refractivity contribution in [2.24, 2.45) is 0 Å². The fraction of sp³-hybridized carbons (Fsp3) is 0.273. The molecule has 15 heavy (non-hydrogen) atoms. The van der Waals surface area contributed by atoms with E-state index in [9.17, 15) is 4.79 Å². The van der Waals surface area contributed by atoms with E-state index in [1.54, 1.807) is 0 Å². The second-order valence-corrected chi connectivity index (χ2v) is 3.98. The van der Waals surface area contributed by atoms with Gasteiger partial charge in [0.1, 0.15) is 0 Å². The maximum atomic E-state index is 11.2. The second kappa shape index (κ2) is 6.20. The zero-order valence-corrected chi connectivity index (χ0v) is 9.75. The minimum Gasteiger partial charge on any atom is -0.352 e. The van der Waals surface area contributed by atoms with E-state index in [4.69, 9.17) is 5.26 Å². The number of halogens is 1. The van der Waals surface area contributed by atoms with Gasteiger partial charge in [-0.3, -0.25) is 4.79 Å². The Hall–Kier alpha value is -1.34. The zero-order chi connectivity index (χ0) is 11.1. The number of hydrogen-bond donors (Lipinski definition) is 1. The molecule has 0 aliphatic heterocycles. The van der Waals surface area contributed by atoms with Crippen molar-refractivity contribution in [3.63, 3.8) is 0 Å². The first-order valence-corrected chi connectivity index (χ1v) is 5.40. The van der Waals surface area contributed by atoms with Gasteiger partial charge in [-0.2, -0.15) is 5.26 Å². The van der Waals surface area contributed by atoms with Crippen LogP contribution in [0.4, 0.5) is 0 Å². The van der Waals surface area contributed by atoms with Crippen LogP contribution in [0.1, 0.15) is 18.4 Å². The van der Waals surface area contributed by atoms with Crippen molar-refractivity contribution in [1.82, 2.24) is 5.32 Å². The number of carbonyl (C=O) groups is 1. The molecular formula is C11H11BrN2O. The second-order valence-electron chi connectivity index (χ2n) is 3.06. The third-order valence-electron chi connectivity index (χ3n) is 1.84. The highest BCUT2D eigenvalue weighted by atomic mass is 79.9. The lowest BCUT2D eigenvalue weighted by molar-refractivity contribution is -0.121. The Balaban J connectivity index is 2.37. The van der Waals surface area contributed by atoms with Crippen LogP contribution in [0.2, 0.25) is 0 Å². The molecule has 0 radical (unpaired) electrons. The molecule has 0 saturated heterocycles. The molecule has 1 aromatic rings. The van der Waals surface area contributed by atoms with Gasteiger partial charge in [-0.25, -0.2) is 0 Å². The molecule has 4 heteroatoms. The van der Waals surface area contributed by atoms with Gasteiger partial charge in [-0.1, -0.05) is 28.1 Å². The Bertz CT molecular complexity index is 384. The van der Waals surface area contributed by atoms with Crippen LogP contribution in [-0.2, 0) is 11.3 Å². The number of rotatable bonds is 4. The molecule has 3 nitrogen and oxygen atoms in total. The SMILES string of the molecule is N#CCCC(=O)NCc1cccc(Br)c1. The molecule has 1 N–H and O–H groups in total. The van der Waals surface area contributed by atoms with Gasteiger partial charge in [-0.05, 0) is 17.7 Å². The maximum Gasteiger partial charge on any atom is 0.221 e. The Morgan fingerprint density at radius 1 is 1.53 bits per heavy atom. The Morgan fingerprint density at radius 3 is 3.00 bits per heavy atom. The quantitative estimate of drug-likeness (QED) is 0.910. The average Bonchev–Trinajstić information content (AvgIpc) is 2.23. The van der Waals surface area contributed by atoms with Gasteiger partial charge in [0.15, 0.2) is 0 Å². The van der Waals surface area contributed by atoms with Gasteiger partial charge in [0, 0.05) is 23.9 Å². The summed E-state index contributed by atoms with van der Waals surface area (Å²) in [5.74, 6) is -0.0866.